The Kier molecular flexibility index (Phi) is 1.82. The Balaban J connectivity index is 2.22. The van der Waals surface area contributed by atoms with E-state index in [1.54, 1.807) is 12.5 Å². The van der Waals surface area contributed by atoms with Gasteiger partial charge in [-0.1, -0.05) is 42.5 Å². The fourth-order valence-corrected chi connectivity index (χ4v) is 1.89. The Labute approximate surface area is 88.3 Å². The zero-order chi connectivity index (χ0) is 10.1. The highest BCUT2D eigenvalue weighted by Crippen LogP contribution is 2.34. The number of fused-ring (bicyclic) bond motifs is 1. The van der Waals surface area contributed by atoms with Gasteiger partial charge in [0, 0.05) is 5.56 Å². The molecule has 15 heavy (non-hydrogen) atoms. The van der Waals surface area contributed by atoms with Crippen molar-refractivity contribution < 1.29 is 4.42 Å². The molecule has 1 aromatic rings. The van der Waals surface area contributed by atoms with Gasteiger partial charge >= 0.3 is 0 Å². The quantitative estimate of drug-likeness (QED) is 0.569. The van der Waals surface area contributed by atoms with Crippen LogP contribution in [-0.2, 0) is 0 Å². The molecule has 3 rings (SSSR count). The van der Waals surface area contributed by atoms with Gasteiger partial charge in [-0.05, 0) is 22.8 Å². The van der Waals surface area contributed by atoms with Crippen LogP contribution in [0.25, 0.3) is 22.3 Å². The fraction of sp³-hybridized carbons (Fsp3) is 0. The summed E-state index contributed by atoms with van der Waals surface area (Å²) in [5.74, 6) is 0. The molecule has 0 N–H and O–H groups in total. The van der Waals surface area contributed by atoms with Crippen molar-refractivity contribution in [3.63, 3.8) is 0 Å². The molecule has 0 bridgehead atoms. The van der Waals surface area contributed by atoms with Crippen LogP contribution >= 0.6 is 0 Å². The predicted molar refractivity (Wildman–Crippen MR) is 60.8 cm³/mol. The van der Waals surface area contributed by atoms with Crippen LogP contribution in [-0.4, -0.2) is 0 Å². The van der Waals surface area contributed by atoms with Crippen LogP contribution in [0.5, 0.6) is 0 Å². The van der Waals surface area contributed by atoms with Crippen LogP contribution in [0.15, 0.2) is 65.5 Å². The van der Waals surface area contributed by atoms with Crippen LogP contribution < -0.4 is 0 Å². The standard InChI is InChI=1S/C14H10O/c1-2-4-11(5-3-1)13-7-6-12-10-15-9-8-14(12)13/h1-10H. The maximum absolute atomic E-state index is 5.14. The first-order chi connectivity index (χ1) is 7.45. The van der Waals surface area contributed by atoms with Gasteiger partial charge in [-0.25, -0.2) is 0 Å². The van der Waals surface area contributed by atoms with Crippen molar-refractivity contribution in [1.82, 2.24) is 0 Å². The van der Waals surface area contributed by atoms with E-state index in [9.17, 15) is 0 Å². The topological polar surface area (TPSA) is 13.1 Å². The average Bonchev–Trinajstić information content (AvgIpc) is 2.74. The molecular formula is C14H10O. The second-order valence-electron chi connectivity index (χ2n) is 3.54. The molecule has 1 aromatic carbocycles. The van der Waals surface area contributed by atoms with Crippen molar-refractivity contribution in [3.05, 3.63) is 61.1 Å². The summed E-state index contributed by atoms with van der Waals surface area (Å²) >= 11 is 0. The molecule has 0 radical (unpaired) electrons. The summed E-state index contributed by atoms with van der Waals surface area (Å²) in [4.78, 5) is 0. The zero-order valence-electron chi connectivity index (χ0n) is 8.18. The molecule has 0 saturated heterocycles. The lowest BCUT2D eigenvalue weighted by Gasteiger charge is -2.02. The van der Waals surface area contributed by atoms with Crippen molar-refractivity contribution in [1.29, 1.82) is 0 Å². The van der Waals surface area contributed by atoms with Gasteiger partial charge in [0.25, 0.3) is 0 Å². The van der Waals surface area contributed by atoms with Crippen molar-refractivity contribution in [2.24, 2.45) is 0 Å². The third-order valence-corrected chi connectivity index (χ3v) is 2.62. The van der Waals surface area contributed by atoms with E-state index in [1.165, 1.54) is 16.7 Å². The summed E-state index contributed by atoms with van der Waals surface area (Å²) in [5, 5.41) is 0. The maximum Gasteiger partial charge on any atom is 0.0980 e. The molecule has 0 fully saturated rings. The van der Waals surface area contributed by atoms with Gasteiger partial charge in [0.1, 0.15) is 0 Å². The van der Waals surface area contributed by atoms with Crippen molar-refractivity contribution in [2.45, 2.75) is 0 Å². The molecule has 0 aromatic heterocycles. The lowest BCUT2D eigenvalue weighted by atomic mass is 10.0. The van der Waals surface area contributed by atoms with Crippen LogP contribution in [0, 0.1) is 0 Å². The van der Waals surface area contributed by atoms with Gasteiger partial charge in [-0.3, -0.25) is 0 Å². The Morgan fingerprint density at radius 1 is 0.667 bits per heavy atom. The molecule has 0 amide bonds. The first-order valence-corrected chi connectivity index (χ1v) is 4.95. The van der Waals surface area contributed by atoms with Gasteiger partial charge < -0.3 is 4.42 Å². The predicted octanol–water partition coefficient (Wildman–Crippen LogP) is 4.05. The van der Waals surface area contributed by atoms with Gasteiger partial charge in [0.05, 0.1) is 12.5 Å². The number of hydrogen-bond acceptors (Lipinski definition) is 1. The van der Waals surface area contributed by atoms with Crippen LogP contribution in [0.4, 0.5) is 0 Å². The van der Waals surface area contributed by atoms with E-state index in [-0.39, 0.29) is 0 Å². The second kappa shape index (κ2) is 3.28. The number of benzene rings is 1. The van der Waals surface area contributed by atoms with E-state index >= 15 is 0 Å². The molecule has 0 atom stereocenters. The first-order valence-electron chi connectivity index (χ1n) is 4.95. The number of hydrogen-bond donors (Lipinski definition) is 0. The summed E-state index contributed by atoms with van der Waals surface area (Å²) in [6.07, 6.45) is 3.50. The Hall–Kier alpha value is -2.02. The van der Waals surface area contributed by atoms with Gasteiger partial charge in [-0.15, -0.1) is 0 Å². The highest BCUT2D eigenvalue weighted by atomic mass is 16.3. The number of rotatable bonds is 1. The molecule has 1 heterocycles. The van der Waals surface area contributed by atoms with Crippen molar-refractivity contribution >= 4 is 0 Å². The lowest BCUT2D eigenvalue weighted by Crippen LogP contribution is -1.77. The molecule has 1 aliphatic heterocycles. The van der Waals surface area contributed by atoms with E-state index in [0.717, 1.165) is 5.56 Å². The summed E-state index contributed by atoms with van der Waals surface area (Å²) in [6, 6.07) is 16.6. The molecular weight excluding hydrogens is 184 g/mol. The normalized spacial score (nSPS) is 10.7. The summed E-state index contributed by atoms with van der Waals surface area (Å²) in [7, 11) is 0. The highest BCUT2D eigenvalue weighted by molar-refractivity contribution is 5.85. The molecule has 0 saturated carbocycles. The lowest BCUT2D eigenvalue weighted by molar-refractivity contribution is 0.552. The van der Waals surface area contributed by atoms with Crippen LogP contribution in [0.3, 0.4) is 0 Å². The Morgan fingerprint density at radius 2 is 1.47 bits per heavy atom. The molecule has 0 unspecified atom stereocenters. The van der Waals surface area contributed by atoms with Gasteiger partial charge in [0.15, 0.2) is 0 Å². The molecule has 72 valence electrons. The SMILES string of the molecule is c1ccc(-c2ccc3coccc2-3)cc1. The third-order valence-electron chi connectivity index (χ3n) is 2.62. The zero-order valence-corrected chi connectivity index (χ0v) is 8.18. The van der Waals surface area contributed by atoms with E-state index in [2.05, 4.69) is 36.4 Å². The third kappa shape index (κ3) is 1.33. The van der Waals surface area contributed by atoms with Crippen molar-refractivity contribution in [3.8, 4) is 22.3 Å². The van der Waals surface area contributed by atoms with E-state index in [0.29, 0.717) is 0 Å². The van der Waals surface area contributed by atoms with Gasteiger partial charge in [-0.2, -0.15) is 0 Å². The average molecular weight is 194 g/mol. The van der Waals surface area contributed by atoms with Crippen LogP contribution in [0.2, 0.25) is 0 Å². The largest absolute Gasteiger partial charge is 0.472 e. The Bertz CT molecular complexity index is 536. The van der Waals surface area contributed by atoms with E-state index in [4.69, 9.17) is 4.42 Å². The Morgan fingerprint density at radius 3 is 2.33 bits per heavy atom. The fourth-order valence-electron chi connectivity index (χ4n) is 1.89. The summed E-state index contributed by atoms with van der Waals surface area (Å²) in [6.45, 7) is 0. The minimum Gasteiger partial charge on any atom is -0.472 e. The smallest absolute Gasteiger partial charge is 0.0980 e. The molecule has 1 heteroatoms. The van der Waals surface area contributed by atoms with E-state index < -0.39 is 0 Å². The molecule has 1 aliphatic carbocycles. The monoisotopic (exact) mass is 194 g/mol. The minimum atomic E-state index is 1.15. The summed E-state index contributed by atoms with van der Waals surface area (Å²) < 4.78 is 5.14. The second-order valence-corrected chi connectivity index (χ2v) is 3.54. The van der Waals surface area contributed by atoms with Gasteiger partial charge in [0.2, 0.25) is 0 Å². The molecule has 0 spiro atoms. The summed E-state index contributed by atoms with van der Waals surface area (Å²) in [5.41, 5.74) is 4.91. The first kappa shape index (κ1) is 8.30. The minimum absolute atomic E-state index is 1.15. The van der Waals surface area contributed by atoms with Crippen molar-refractivity contribution in [2.75, 3.05) is 0 Å². The molecule has 1 nitrogen and oxygen atoms in total. The van der Waals surface area contributed by atoms with E-state index in [1.807, 2.05) is 12.1 Å². The van der Waals surface area contributed by atoms with Crippen LogP contribution in [0.1, 0.15) is 0 Å². The molecule has 2 aliphatic rings. The highest BCUT2D eigenvalue weighted by Gasteiger charge is 2.09. The maximum atomic E-state index is 5.14.